The monoisotopic (exact) mass is 381 g/mol. The van der Waals surface area contributed by atoms with Gasteiger partial charge in [0.05, 0.1) is 18.9 Å². The van der Waals surface area contributed by atoms with Gasteiger partial charge in [-0.2, -0.15) is 5.10 Å². The van der Waals surface area contributed by atoms with Gasteiger partial charge in [-0.3, -0.25) is 9.80 Å². The van der Waals surface area contributed by atoms with Gasteiger partial charge in [0.2, 0.25) is 5.91 Å². The molecule has 1 aliphatic heterocycles. The predicted octanol–water partition coefficient (Wildman–Crippen LogP) is 3.22. The van der Waals surface area contributed by atoms with E-state index in [1.54, 1.807) is 24.1 Å². The fourth-order valence-electron chi connectivity index (χ4n) is 2.93. The van der Waals surface area contributed by atoms with E-state index in [9.17, 15) is 9.59 Å². The lowest BCUT2D eigenvalue weighted by Crippen LogP contribution is -2.38. The molecule has 1 unspecified atom stereocenters. The fourth-order valence-corrected chi connectivity index (χ4v) is 2.93. The zero-order valence-electron chi connectivity index (χ0n) is 15.9. The van der Waals surface area contributed by atoms with Crippen molar-refractivity contribution < 1.29 is 19.1 Å². The van der Waals surface area contributed by atoms with Gasteiger partial charge in [-0.25, -0.2) is 4.79 Å². The minimum Gasteiger partial charge on any atom is -0.494 e. The Morgan fingerprint density at radius 2 is 1.89 bits per heavy atom. The quantitative estimate of drug-likeness (QED) is 0.745. The van der Waals surface area contributed by atoms with Crippen molar-refractivity contribution in [3.8, 4) is 5.75 Å². The molecule has 0 bridgehead atoms. The van der Waals surface area contributed by atoms with Gasteiger partial charge in [-0.1, -0.05) is 24.3 Å². The maximum atomic E-state index is 13.0. The second-order valence-electron chi connectivity index (χ2n) is 6.12. The summed E-state index contributed by atoms with van der Waals surface area (Å²) < 4.78 is 10.5. The molecule has 3 rings (SSSR count). The molecule has 0 aliphatic carbocycles. The summed E-state index contributed by atoms with van der Waals surface area (Å²) in [7, 11) is 0. The first-order valence-electron chi connectivity index (χ1n) is 9.25. The Hall–Kier alpha value is -3.35. The Balaban J connectivity index is 1.81. The average Bonchev–Trinajstić information content (AvgIpc) is 3.15. The van der Waals surface area contributed by atoms with E-state index in [1.807, 2.05) is 49.4 Å². The number of amides is 1. The molecule has 1 N–H and O–H groups in total. The van der Waals surface area contributed by atoms with Crippen LogP contribution in [0.15, 0.2) is 59.7 Å². The van der Waals surface area contributed by atoms with E-state index in [-0.39, 0.29) is 24.6 Å². The van der Waals surface area contributed by atoms with Crippen molar-refractivity contribution in [3.63, 3.8) is 0 Å². The van der Waals surface area contributed by atoms with Gasteiger partial charge in [0.1, 0.15) is 17.5 Å². The smallest absolute Gasteiger partial charge is 0.354 e. The summed E-state index contributed by atoms with van der Waals surface area (Å²) in [5.74, 6) is -0.0901. The van der Waals surface area contributed by atoms with Gasteiger partial charge in [0.15, 0.2) is 0 Å². The molecule has 0 saturated carbocycles. The Morgan fingerprint density at radius 1 is 1.11 bits per heavy atom. The van der Waals surface area contributed by atoms with Crippen LogP contribution < -0.4 is 15.1 Å². The summed E-state index contributed by atoms with van der Waals surface area (Å²) >= 11 is 0. The molecule has 1 atom stereocenters. The summed E-state index contributed by atoms with van der Waals surface area (Å²) in [5.41, 5.74) is 1.58. The van der Waals surface area contributed by atoms with E-state index in [2.05, 4.69) is 10.4 Å². The molecule has 0 fully saturated rings. The van der Waals surface area contributed by atoms with E-state index in [4.69, 9.17) is 9.47 Å². The first kappa shape index (κ1) is 19.4. The first-order chi connectivity index (χ1) is 13.6. The molecule has 0 spiro atoms. The van der Waals surface area contributed by atoms with E-state index in [0.717, 1.165) is 5.69 Å². The highest BCUT2D eigenvalue weighted by molar-refractivity contribution is 6.38. The second kappa shape index (κ2) is 9.03. The zero-order chi connectivity index (χ0) is 19.9. The second-order valence-corrected chi connectivity index (χ2v) is 6.12. The Kier molecular flexibility index (Phi) is 6.26. The summed E-state index contributed by atoms with van der Waals surface area (Å²) in [5, 5.41) is 8.81. The number of carbonyl (C=O) groups is 2. The van der Waals surface area contributed by atoms with Gasteiger partial charge in [0.25, 0.3) is 0 Å². The molecule has 0 saturated heterocycles. The Bertz CT molecular complexity index is 867. The highest BCUT2D eigenvalue weighted by Gasteiger charge is 2.36. The summed E-state index contributed by atoms with van der Waals surface area (Å²) in [6.45, 7) is 4.43. The Morgan fingerprint density at radius 3 is 2.61 bits per heavy atom. The van der Waals surface area contributed by atoms with Crippen LogP contribution in [0.4, 0.5) is 11.4 Å². The van der Waals surface area contributed by atoms with Crippen LogP contribution in [0.2, 0.25) is 0 Å². The number of hydrogen-bond acceptors (Lipinski definition) is 6. The molecular formula is C21H23N3O4. The molecule has 7 heteroatoms. The number of hydrazone groups is 1. The third-order valence-electron chi connectivity index (χ3n) is 4.16. The van der Waals surface area contributed by atoms with Crippen LogP contribution in [-0.2, 0) is 14.3 Å². The normalized spacial score (nSPS) is 15.7. The first-order valence-corrected chi connectivity index (χ1v) is 9.25. The summed E-state index contributed by atoms with van der Waals surface area (Å²) in [4.78, 5) is 25.1. The molecule has 146 valence electrons. The summed E-state index contributed by atoms with van der Waals surface area (Å²) in [6.07, 6.45) is 0.171. The number of rotatable bonds is 7. The van der Waals surface area contributed by atoms with Crippen LogP contribution in [0.25, 0.3) is 0 Å². The molecule has 1 heterocycles. The topological polar surface area (TPSA) is 80.2 Å². The lowest BCUT2D eigenvalue weighted by molar-refractivity contribution is -0.135. The zero-order valence-corrected chi connectivity index (χ0v) is 15.9. The van der Waals surface area contributed by atoms with Gasteiger partial charge >= 0.3 is 5.97 Å². The average molecular weight is 381 g/mol. The number of nitrogens with zero attached hydrogens (tertiary/aromatic N) is 2. The number of nitrogens with one attached hydrogen (secondary N) is 1. The van der Waals surface area contributed by atoms with Crippen molar-refractivity contribution in [2.24, 2.45) is 5.10 Å². The number of ether oxygens (including phenoxy) is 2. The van der Waals surface area contributed by atoms with E-state index >= 15 is 0 Å². The van der Waals surface area contributed by atoms with Crippen LogP contribution >= 0.6 is 0 Å². The van der Waals surface area contributed by atoms with E-state index in [1.165, 1.54) is 0 Å². The highest BCUT2D eigenvalue weighted by Crippen LogP contribution is 2.26. The summed E-state index contributed by atoms with van der Waals surface area (Å²) in [6, 6.07) is 15.8. The molecule has 28 heavy (non-hydrogen) atoms. The third-order valence-corrected chi connectivity index (χ3v) is 4.16. The van der Waals surface area contributed by atoms with Crippen LogP contribution in [0.5, 0.6) is 5.75 Å². The number of hydrogen-bond donors (Lipinski definition) is 1. The lowest BCUT2D eigenvalue weighted by atomic mass is 10.1. The number of carbonyl (C=O) groups excluding carboxylic acids is 2. The lowest BCUT2D eigenvalue weighted by Gasteiger charge is -2.22. The van der Waals surface area contributed by atoms with Crippen molar-refractivity contribution in [1.82, 2.24) is 0 Å². The van der Waals surface area contributed by atoms with Crippen LogP contribution in [0.1, 0.15) is 20.3 Å². The number of anilines is 2. The third kappa shape index (κ3) is 4.49. The molecule has 1 amide bonds. The minimum absolute atomic E-state index is 0.171. The minimum atomic E-state index is -0.655. The van der Waals surface area contributed by atoms with Gasteiger partial charge < -0.3 is 14.8 Å². The maximum Gasteiger partial charge on any atom is 0.354 e. The van der Waals surface area contributed by atoms with Crippen molar-refractivity contribution in [1.29, 1.82) is 0 Å². The van der Waals surface area contributed by atoms with E-state index in [0.29, 0.717) is 18.0 Å². The molecular weight excluding hydrogens is 358 g/mol. The SMILES string of the molecule is CCOC(=O)C1=NN(c2ccccc2)C(C(=O)Nc2cccc(OCC)c2)C1. The number of para-hydroxylation sites is 1. The standard InChI is InChI=1S/C21H23N3O4/c1-3-27-17-12-8-9-15(13-17)22-20(25)19-14-18(21(26)28-4-2)23-24(19)16-10-6-5-7-11-16/h5-13,19H,3-4,14H2,1-2H3,(H,22,25). The largest absolute Gasteiger partial charge is 0.494 e. The number of esters is 1. The number of benzene rings is 2. The molecule has 0 aromatic heterocycles. The molecule has 2 aromatic carbocycles. The highest BCUT2D eigenvalue weighted by atomic mass is 16.5. The molecule has 7 nitrogen and oxygen atoms in total. The van der Waals surface area contributed by atoms with Crippen molar-refractivity contribution in [2.75, 3.05) is 23.5 Å². The van der Waals surface area contributed by atoms with Gasteiger partial charge in [0, 0.05) is 18.2 Å². The van der Waals surface area contributed by atoms with Crippen molar-refractivity contribution in [2.45, 2.75) is 26.3 Å². The molecule has 0 radical (unpaired) electrons. The van der Waals surface area contributed by atoms with Crippen molar-refractivity contribution in [3.05, 3.63) is 54.6 Å². The van der Waals surface area contributed by atoms with Gasteiger partial charge in [-0.15, -0.1) is 0 Å². The van der Waals surface area contributed by atoms with Crippen LogP contribution in [0, 0.1) is 0 Å². The maximum absolute atomic E-state index is 13.0. The van der Waals surface area contributed by atoms with E-state index < -0.39 is 12.0 Å². The van der Waals surface area contributed by atoms with Gasteiger partial charge in [-0.05, 0) is 38.1 Å². The Labute approximate surface area is 163 Å². The molecule has 2 aromatic rings. The van der Waals surface area contributed by atoms with Crippen LogP contribution in [0.3, 0.4) is 0 Å². The fraction of sp³-hybridized carbons (Fsp3) is 0.286. The van der Waals surface area contributed by atoms with Crippen molar-refractivity contribution >= 4 is 29.0 Å². The molecule has 1 aliphatic rings. The predicted molar refractivity (Wildman–Crippen MR) is 108 cm³/mol. The van der Waals surface area contributed by atoms with Crippen LogP contribution in [-0.4, -0.2) is 36.8 Å².